The Hall–Kier alpha value is -2.60. The number of hydrogen-bond acceptors (Lipinski definition) is 8. The van der Waals surface area contributed by atoms with Crippen molar-refractivity contribution in [2.75, 3.05) is 56.3 Å². The van der Waals surface area contributed by atoms with E-state index in [-0.39, 0.29) is 28.4 Å². The second kappa shape index (κ2) is 10.8. The Morgan fingerprint density at radius 3 is 2.41 bits per heavy atom. The molecule has 2 aromatic heterocycles. The topological polar surface area (TPSA) is 125 Å². The second-order valence-corrected chi connectivity index (χ2v) is 8.89. The van der Waals surface area contributed by atoms with Crippen molar-refractivity contribution in [3.05, 3.63) is 33.2 Å². The summed E-state index contributed by atoms with van der Waals surface area (Å²) in [5.74, 6) is 0.400. The number of H-pyrrole nitrogens is 1. The molecule has 4 rings (SSSR count). The molecule has 0 unspecified atom stereocenters. The summed E-state index contributed by atoms with van der Waals surface area (Å²) in [5, 5.41) is 3.61. The first-order valence-corrected chi connectivity index (χ1v) is 11.8. The van der Waals surface area contributed by atoms with Crippen LogP contribution in [0.5, 0.6) is 0 Å². The number of carbonyl (C=O) groups excluding carboxylic acids is 2. The van der Waals surface area contributed by atoms with Crippen LogP contribution in [-0.2, 0) is 9.57 Å². The van der Waals surface area contributed by atoms with Crippen molar-refractivity contribution in [1.29, 1.82) is 0 Å². The van der Waals surface area contributed by atoms with Gasteiger partial charge >= 0.3 is 0 Å². The van der Waals surface area contributed by atoms with Gasteiger partial charge in [-0.1, -0.05) is 23.2 Å². The van der Waals surface area contributed by atoms with Crippen molar-refractivity contribution in [2.24, 2.45) is 0 Å². The fraction of sp³-hybridized carbons (Fsp3) is 0.524. The van der Waals surface area contributed by atoms with E-state index < -0.39 is 5.91 Å². The number of aryl methyl sites for hydroxylation is 1. The molecule has 0 aliphatic carbocycles. The zero-order chi connectivity index (χ0) is 24.2. The minimum atomic E-state index is -0.445. The van der Waals surface area contributed by atoms with E-state index in [2.05, 4.69) is 25.7 Å². The van der Waals surface area contributed by atoms with Crippen LogP contribution in [-0.4, -0.2) is 79.3 Å². The number of nitrogens with zero attached hydrogens (tertiary/aromatic N) is 4. The van der Waals surface area contributed by atoms with Crippen molar-refractivity contribution in [3.63, 3.8) is 0 Å². The number of halogens is 2. The van der Waals surface area contributed by atoms with E-state index in [9.17, 15) is 9.59 Å². The largest absolute Gasteiger partial charge is 0.378 e. The van der Waals surface area contributed by atoms with Gasteiger partial charge in [0.2, 0.25) is 5.95 Å². The second-order valence-electron chi connectivity index (χ2n) is 8.13. The molecule has 0 radical (unpaired) electrons. The number of aromatic amines is 1. The molecule has 2 aliphatic heterocycles. The molecule has 0 saturated carbocycles. The summed E-state index contributed by atoms with van der Waals surface area (Å²) in [7, 11) is 1.37. The first-order chi connectivity index (χ1) is 16.4. The van der Waals surface area contributed by atoms with Crippen LogP contribution in [0.25, 0.3) is 0 Å². The fourth-order valence-electron chi connectivity index (χ4n) is 3.99. The Kier molecular flexibility index (Phi) is 7.77. The summed E-state index contributed by atoms with van der Waals surface area (Å²) in [6.07, 6.45) is 1.40. The van der Waals surface area contributed by atoms with Gasteiger partial charge in [-0.3, -0.25) is 14.4 Å². The molecule has 2 aromatic rings. The lowest BCUT2D eigenvalue weighted by Gasteiger charge is -2.34. The lowest BCUT2D eigenvalue weighted by Crippen LogP contribution is -2.45. The number of anilines is 2. The first kappa shape index (κ1) is 24.5. The van der Waals surface area contributed by atoms with Crippen LogP contribution in [0, 0.1) is 6.92 Å². The van der Waals surface area contributed by atoms with Crippen molar-refractivity contribution < 1.29 is 19.2 Å². The van der Waals surface area contributed by atoms with Gasteiger partial charge in [0.05, 0.1) is 30.4 Å². The van der Waals surface area contributed by atoms with Crippen LogP contribution in [0.15, 0.2) is 6.07 Å². The van der Waals surface area contributed by atoms with Crippen molar-refractivity contribution in [1.82, 2.24) is 25.7 Å². The van der Waals surface area contributed by atoms with Gasteiger partial charge in [0, 0.05) is 44.0 Å². The van der Waals surface area contributed by atoms with Gasteiger partial charge in [0.15, 0.2) is 0 Å². The molecule has 0 atom stereocenters. The summed E-state index contributed by atoms with van der Waals surface area (Å²) >= 11 is 12.3. The molecule has 2 aliphatic rings. The van der Waals surface area contributed by atoms with Crippen LogP contribution in [0.1, 0.15) is 39.5 Å². The van der Waals surface area contributed by atoms with Crippen LogP contribution in [0.2, 0.25) is 10.0 Å². The lowest BCUT2D eigenvalue weighted by atomic mass is 10.0. The van der Waals surface area contributed by atoms with Crippen LogP contribution >= 0.6 is 23.2 Å². The molecule has 2 fully saturated rings. The summed E-state index contributed by atoms with van der Waals surface area (Å²) in [6.45, 7) is 5.50. The highest BCUT2D eigenvalue weighted by Crippen LogP contribution is 2.29. The Labute approximate surface area is 207 Å². The molecule has 0 aromatic carbocycles. The van der Waals surface area contributed by atoms with E-state index in [1.807, 2.05) is 4.90 Å². The zero-order valence-electron chi connectivity index (χ0n) is 19.0. The third-order valence-corrected chi connectivity index (χ3v) is 6.80. The maximum atomic E-state index is 12.7. The molecule has 4 heterocycles. The predicted octanol–water partition coefficient (Wildman–Crippen LogP) is 1.95. The molecule has 11 nitrogen and oxygen atoms in total. The highest BCUT2D eigenvalue weighted by atomic mass is 35.5. The standard InChI is InChI=1S/C21H27Cl2N7O4/c1-12-16(22)17(23)18(24-12)20(32)25-13-3-5-29(6-4-13)15-11-14(19(31)28-33-2)26-21(27-15)30-7-9-34-10-8-30/h11,13,24H,3-10H2,1-2H3,(H,25,32)(H,28,31). The molecular formula is C21H27Cl2N7O4. The summed E-state index contributed by atoms with van der Waals surface area (Å²) in [5.41, 5.74) is 3.46. The number of aromatic nitrogens is 3. The molecule has 184 valence electrons. The van der Waals surface area contributed by atoms with E-state index in [0.717, 1.165) is 0 Å². The monoisotopic (exact) mass is 511 g/mol. The smallest absolute Gasteiger partial charge is 0.293 e. The van der Waals surface area contributed by atoms with Crippen molar-refractivity contribution >= 4 is 46.8 Å². The number of piperidine rings is 1. The van der Waals surface area contributed by atoms with Gasteiger partial charge in [-0.25, -0.2) is 10.5 Å². The molecule has 0 spiro atoms. The van der Waals surface area contributed by atoms with E-state index in [4.69, 9.17) is 37.8 Å². The first-order valence-electron chi connectivity index (χ1n) is 11.0. The molecule has 2 amide bonds. The van der Waals surface area contributed by atoms with E-state index in [0.29, 0.717) is 74.7 Å². The van der Waals surface area contributed by atoms with E-state index in [1.165, 1.54) is 7.11 Å². The number of hydroxylamine groups is 1. The Morgan fingerprint density at radius 1 is 1.09 bits per heavy atom. The van der Waals surface area contributed by atoms with E-state index in [1.54, 1.807) is 13.0 Å². The van der Waals surface area contributed by atoms with Gasteiger partial charge in [-0.2, -0.15) is 4.98 Å². The minimum absolute atomic E-state index is 0.0287. The maximum Gasteiger partial charge on any atom is 0.293 e. The van der Waals surface area contributed by atoms with Crippen LogP contribution in [0.4, 0.5) is 11.8 Å². The van der Waals surface area contributed by atoms with Gasteiger partial charge < -0.3 is 24.8 Å². The Balaban J connectivity index is 1.45. The number of nitrogens with one attached hydrogen (secondary N) is 3. The fourth-order valence-corrected chi connectivity index (χ4v) is 4.41. The van der Waals surface area contributed by atoms with Crippen molar-refractivity contribution in [2.45, 2.75) is 25.8 Å². The number of rotatable bonds is 6. The number of carbonyl (C=O) groups is 2. The van der Waals surface area contributed by atoms with Gasteiger partial charge in [0.25, 0.3) is 11.8 Å². The maximum absolute atomic E-state index is 12.7. The lowest BCUT2D eigenvalue weighted by molar-refractivity contribution is 0.0532. The number of amides is 2. The third kappa shape index (κ3) is 5.38. The highest BCUT2D eigenvalue weighted by molar-refractivity contribution is 6.44. The molecule has 3 N–H and O–H groups in total. The van der Waals surface area contributed by atoms with Crippen molar-refractivity contribution in [3.8, 4) is 0 Å². The normalized spacial score (nSPS) is 17.1. The minimum Gasteiger partial charge on any atom is -0.378 e. The average molecular weight is 512 g/mol. The van der Waals surface area contributed by atoms with Crippen LogP contribution < -0.4 is 20.6 Å². The number of hydrogen-bond donors (Lipinski definition) is 3. The number of ether oxygens (including phenoxy) is 1. The molecule has 34 heavy (non-hydrogen) atoms. The molecular weight excluding hydrogens is 485 g/mol. The molecule has 13 heteroatoms. The third-order valence-electron chi connectivity index (χ3n) is 5.86. The van der Waals surface area contributed by atoms with Gasteiger partial charge in [-0.15, -0.1) is 0 Å². The zero-order valence-corrected chi connectivity index (χ0v) is 20.5. The Bertz CT molecular complexity index is 1050. The molecule has 2 saturated heterocycles. The number of morpholine rings is 1. The summed E-state index contributed by atoms with van der Waals surface area (Å²) < 4.78 is 5.42. The average Bonchev–Trinajstić information content (AvgIpc) is 3.12. The molecule has 0 bridgehead atoms. The van der Waals surface area contributed by atoms with Crippen LogP contribution in [0.3, 0.4) is 0 Å². The van der Waals surface area contributed by atoms with E-state index >= 15 is 0 Å². The quantitative estimate of drug-likeness (QED) is 0.502. The van der Waals surface area contributed by atoms with Gasteiger partial charge in [-0.05, 0) is 19.8 Å². The SMILES string of the molecule is CONC(=O)c1cc(N2CCC(NC(=O)c3[nH]c(C)c(Cl)c3Cl)CC2)nc(N2CCOCC2)n1. The summed E-state index contributed by atoms with van der Waals surface area (Å²) in [6, 6.07) is 1.62. The predicted molar refractivity (Wildman–Crippen MR) is 128 cm³/mol. The van der Waals surface area contributed by atoms with Gasteiger partial charge in [0.1, 0.15) is 17.2 Å². The Morgan fingerprint density at radius 2 is 1.79 bits per heavy atom. The highest BCUT2D eigenvalue weighted by Gasteiger charge is 2.26. The summed E-state index contributed by atoms with van der Waals surface area (Å²) in [4.78, 5) is 46.0.